The molecular formula is C15H21NO2S. The van der Waals surface area contributed by atoms with Gasteiger partial charge in [-0.25, -0.2) is 0 Å². The highest BCUT2D eigenvalue weighted by atomic mass is 32.1. The van der Waals surface area contributed by atoms with E-state index in [4.69, 9.17) is 4.74 Å². The molecule has 1 aliphatic heterocycles. The highest BCUT2D eigenvalue weighted by Crippen LogP contribution is 2.37. The average Bonchev–Trinajstić information content (AvgIpc) is 3.17. The second-order valence-corrected chi connectivity index (χ2v) is 6.53. The number of rotatable bonds is 4. The van der Waals surface area contributed by atoms with Crippen LogP contribution in [0.25, 0.3) is 0 Å². The quantitative estimate of drug-likeness (QED) is 0.918. The van der Waals surface area contributed by atoms with Crippen LogP contribution in [0.4, 0.5) is 0 Å². The Labute approximate surface area is 118 Å². The molecule has 2 fully saturated rings. The molecule has 1 amide bonds. The highest BCUT2D eigenvalue weighted by Gasteiger charge is 2.31. The van der Waals surface area contributed by atoms with Gasteiger partial charge in [-0.05, 0) is 43.0 Å². The maximum Gasteiger partial charge on any atom is 0.249 e. The maximum absolute atomic E-state index is 12.3. The molecule has 19 heavy (non-hydrogen) atoms. The third kappa shape index (κ3) is 3.00. The Balaban J connectivity index is 1.69. The van der Waals surface area contributed by atoms with Crippen LogP contribution in [0.5, 0.6) is 0 Å². The number of carbonyl (C=O) groups is 1. The first-order chi connectivity index (χ1) is 9.34. The number of nitrogens with one attached hydrogen (secondary N) is 1. The number of carbonyl (C=O) groups excluding carboxylic acids is 1. The van der Waals surface area contributed by atoms with E-state index in [0.717, 1.165) is 19.4 Å². The normalized spacial score (nSPS) is 25.6. The van der Waals surface area contributed by atoms with Crippen molar-refractivity contribution in [3.8, 4) is 0 Å². The van der Waals surface area contributed by atoms with Crippen molar-refractivity contribution in [2.24, 2.45) is 5.92 Å². The molecule has 0 unspecified atom stereocenters. The van der Waals surface area contributed by atoms with Gasteiger partial charge in [-0.3, -0.25) is 4.79 Å². The molecule has 2 aliphatic rings. The summed E-state index contributed by atoms with van der Waals surface area (Å²) in [5.41, 5.74) is 0. The summed E-state index contributed by atoms with van der Waals surface area (Å²) in [5, 5.41) is 5.34. The van der Waals surface area contributed by atoms with Gasteiger partial charge in [0.15, 0.2) is 0 Å². The van der Waals surface area contributed by atoms with Gasteiger partial charge in [0.2, 0.25) is 5.91 Å². The fourth-order valence-electron chi connectivity index (χ4n) is 3.21. The van der Waals surface area contributed by atoms with E-state index in [1.165, 1.54) is 30.6 Å². The van der Waals surface area contributed by atoms with Crippen LogP contribution in [-0.4, -0.2) is 18.6 Å². The standard InChI is InChI=1S/C15H21NO2S/c17-15(12-7-3-9-18-12)16-14(11-5-1-2-6-11)13-8-4-10-19-13/h4,8,10-12,14H,1-3,5-7,9H2,(H,16,17)/t12-,14-/m1/s1. The van der Waals surface area contributed by atoms with Crippen LogP contribution in [0.15, 0.2) is 17.5 Å². The van der Waals surface area contributed by atoms with Crippen molar-refractivity contribution in [3.05, 3.63) is 22.4 Å². The molecule has 1 saturated heterocycles. The largest absolute Gasteiger partial charge is 0.368 e. The Morgan fingerprint density at radius 1 is 1.32 bits per heavy atom. The monoisotopic (exact) mass is 279 g/mol. The predicted octanol–water partition coefficient (Wildman–Crippen LogP) is 3.27. The molecule has 4 heteroatoms. The first-order valence-electron chi connectivity index (χ1n) is 7.30. The van der Waals surface area contributed by atoms with Gasteiger partial charge in [-0.15, -0.1) is 11.3 Å². The molecule has 2 heterocycles. The van der Waals surface area contributed by atoms with Gasteiger partial charge in [0, 0.05) is 11.5 Å². The molecule has 0 radical (unpaired) electrons. The second kappa shape index (κ2) is 6.06. The van der Waals surface area contributed by atoms with Crippen LogP contribution < -0.4 is 5.32 Å². The van der Waals surface area contributed by atoms with Crippen molar-refractivity contribution in [3.63, 3.8) is 0 Å². The number of amides is 1. The lowest BCUT2D eigenvalue weighted by Crippen LogP contribution is -2.39. The van der Waals surface area contributed by atoms with E-state index in [1.807, 2.05) is 0 Å². The zero-order valence-corrected chi connectivity index (χ0v) is 12.0. The molecule has 3 rings (SSSR count). The van der Waals surface area contributed by atoms with Gasteiger partial charge >= 0.3 is 0 Å². The first-order valence-corrected chi connectivity index (χ1v) is 8.18. The van der Waals surface area contributed by atoms with Gasteiger partial charge in [0.25, 0.3) is 0 Å². The van der Waals surface area contributed by atoms with Gasteiger partial charge < -0.3 is 10.1 Å². The summed E-state index contributed by atoms with van der Waals surface area (Å²) >= 11 is 1.75. The second-order valence-electron chi connectivity index (χ2n) is 5.55. The van der Waals surface area contributed by atoms with Crippen LogP contribution in [0, 0.1) is 5.92 Å². The Morgan fingerprint density at radius 2 is 2.16 bits per heavy atom. The Hall–Kier alpha value is -0.870. The summed E-state index contributed by atoms with van der Waals surface area (Å²) in [4.78, 5) is 13.6. The minimum absolute atomic E-state index is 0.0859. The fourth-order valence-corrected chi connectivity index (χ4v) is 4.08. The molecule has 0 aromatic carbocycles. The van der Waals surface area contributed by atoms with Crippen molar-refractivity contribution in [1.29, 1.82) is 0 Å². The SMILES string of the molecule is O=C(N[C@@H](c1cccs1)C1CCCC1)[C@H]1CCCO1. The molecule has 0 spiro atoms. The minimum atomic E-state index is -0.219. The third-order valence-corrected chi connectivity index (χ3v) is 5.20. The van der Waals surface area contributed by atoms with Gasteiger partial charge in [0.1, 0.15) is 6.10 Å². The molecule has 3 nitrogen and oxygen atoms in total. The van der Waals surface area contributed by atoms with Gasteiger partial charge in [-0.2, -0.15) is 0 Å². The van der Waals surface area contributed by atoms with Crippen molar-refractivity contribution in [2.45, 2.75) is 50.7 Å². The lowest BCUT2D eigenvalue weighted by molar-refractivity contribution is -0.131. The van der Waals surface area contributed by atoms with E-state index in [2.05, 4.69) is 22.8 Å². The van der Waals surface area contributed by atoms with Crippen LogP contribution in [-0.2, 0) is 9.53 Å². The summed E-state index contributed by atoms with van der Waals surface area (Å²) in [5.74, 6) is 0.687. The smallest absolute Gasteiger partial charge is 0.249 e. The van der Waals surface area contributed by atoms with Crippen molar-refractivity contribution in [1.82, 2.24) is 5.32 Å². The van der Waals surface area contributed by atoms with E-state index < -0.39 is 0 Å². The molecule has 1 saturated carbocycles. The number of ether oxygens (including phenoxy) is 1. The van der Waals surface area contributed by atoms with Crippen LogP contribution in [0.3, 0.4) is 0 Å². The zero-order valence-electron chi connectivity index (χ0n) is 11.1. The summed E-state index contributed by atoms with van der Waals surface area (Å²) in [6.07, 6.45) is 6.70. The highest BCUT2D eigenvalue weighted by molar-refractivity contribution is 7.10. The Bertz CT molecular complexity index is 406. The topological polar surface area (TPSA) is 38.3 Å². The zero-order chi connectivity index (χ0) is 13.1. The summed E-state index contributed by atoms with van der Waals surface area (Å²) < 4.78 is 5.49. The number of thiophene rings is 1. The third-order valence-electron chi connectivity index (χ3n) is 4.24. The lowest BCUT2D eigenvalue weighted by Gasteiger charge is -2.25. The molecular weight excluding hydrogens is 258 g/mol. The maximum atomic E-state index is 12.3. The molecule has 1 N–H and O–H groups in total. The summed E-state index contributed by atoms with van der Waals surface area (Å²) in [7, 11) is 0. The molecule has 1 aromatic heterocycles. The predicted molar refractivity (Wildman–Crippen MR) is 76.1 cm³/mol. The van der Waals surface area contributed by atoms with E-state index >= 15 is 0 Å². The van der Waals surface area contributed by atoms with Crippen LogP contribution in [0.1, 0.15) is 49.4 Å². The minimum Gasteiger partial charge on any atom is -0.368 e. The van der Waals surface area contributed by atoms with Gasteiger partial charge in [-0.1, -0.05) is 18.9 Å². The van der Waals surface area contributed by atoms with E-state index in [9.17, 15) is 4.79 Å². The molecule has 104 valence electrons. The van der Waals surface area contributed by atoms with Crippen LogP contribution in [0.2, 0.25) is 0 Å². The number of hydrogen-bond donors (Lipinski definition) is 1. The fraction of sp³-hybridized carbons (Fsp3) is 0.667. The van der Waals surface area contributed by atoms with E-state index in [1.54, 1.807) is 11.3 Å². The molecule has 1 aliphatic carbocycles. The van der Waals surface area contributed by atoms with Crippen molar-refractivity contribution in [2.75, 3.05) is 6.61 Å². The molecule has 0 bridgehead atoms. The Morgan fingerprint density at radius 3 is 2.79 bits per heavy atom. The van der Waals surface area contributed by atoms with Gasteiger partial charge in [0.05, 0.1) is 6.04 Å². The van der Waals surface area contributed by atoms with E-state index in [0.29, 0.717) is 5.92 Å². The molecule has 2 atom stereocenters. The lowest BCUT2D eigenvalue weighted by atomic mass is 9.96. The number of hydrogen-bond acceptors (Lipinski definition) is 3. The summed E-state index contributed by atoms with van der Waals surface area (Å²) in [6.45, 7) is 0.727. The first kappa shape index (κ1) is 13.1. The average molecular weight is 279 g/mol. The van der Waals surface area contributed by atoms with E-state index in [-0.39, 0.29) is 18.1 Å². The van der Waals surface area contributed by atoms with Crippen molar-refractivity contribution < 1.29 is 9.53 Å². The van der Waals surface area contributed by atoms with Crippen molar-refractivity contribution >= 4 is 17.2 Å². The summed E-state index contributed by atoms with van der Waals surface area (Å²) in [6, 6.07) is 4.41. The van der Waals surface area contributed by atoms with Crippen LogP contribution >= 0.6 is 11.3 Å². The molecule has 1 aromatic rings. The Kier molecular flexibility index (Phi) is 4.18.